The Hall–Kier alpha value is -2.54. The average Bonchev–Trinajstić information content (AvgIpc) is 2.54. The lowest BCUT2D eigenvalue weighted by molar-refractivity contribution is 0.339. The Morgan fingerprint density at radius 2 is 2.19 bits per heavy atom. The molecule has 2 heterocycles. The lowest BCUT2D eigenvalue weighted by Gasteiger charge is -2.30. The summed E-state index contributed by atoms with van der Waals surface area (Å²) in [4.78, 5) is 6.61. The normalized spacial score (nSPS) is 13.4. The third kappa shape index (κ3) is 2.82. The van der Waals surface area contributed by atoms with Gasteiger partial charge >= 0.3 is 0 Å². The number of pyridine rings is 1. The van der Waals surface area contributed by atoms with Crippen molar-refractivity contribution in [1.82, 2.24) is 4.98 Å². The Balaban J connectivity index is 1.82. The van der Waals surface area contributed by atoms with Crippen LogP contribution in [0.5, 0.6) is 5.75 Å². The van der Waals surface area contributed by atoms with Gasteiger partial charge in [0.15, 0.2) is 0 Å². The zero-order chi connectivity index (χ0) is 14.7. The van der Waals surface area contributed by atoms with Crippen LogP contribution in [0.3, 0.4) is 0 Å². The molecular formula is C17H17N3O. The second-order valence-corrected chi connectivity index (χ2v) is 5.05. The molecule has 0 N–H and O–H groups in total. The Bertz CT molecular complexity index is 673. The minimum absolute atomic E-state index is 0.592. The predicted octanol–water partition coefficient (Wildman–Crippen LogP) is 2.91. The zero-order valence-electron chi connectivity index (χ0n) is 12.0. The molecule has 0 radical (unpaired) electrons. The van der Waals surface area contributed by atoms with Crippen LogP contribution in [0.15, 0.2) is 36.5 Å². The van der Waals surface area contributed by atoms with E-state index in [0.717, 1.165) is 31.1 Å². The van der Waals surface area contributed by atoms with E-state index in [4.69, 9.17) is 10.00 Å². The highest BCUT2D eigenvalue weighted by Gasteiger charge is 2.18. The minimum Gasteiger partial charge on any atom is -0.494 e. The second kappa shape index (κ2) is 5.84. The molecule has 0 spiro atoms. The number of hydrogen-bond acceptors (Lipinski definition) is 4. The van der Waals surface area contributed by atoms with Crippen LogP contribution in [-0.2, 0) is 13.0 Å². The molecule has 0 saturated heterocycles. The maximum Gasteiger partial charge on any atom is 0.128 e. The molecule has 1 aliphatic heterocycles. The van der Waals surface area contributed by atoms with Crippen molar-refractivity contribution in [2.24, 2.45) is 0 Å². The SMILES string of the molecule is CCOc1ccc2c(c1)CN(c1ccc(C#N)cn1)CC2. The van der Waals surface area contributed by atoms with Gasteiger partial charge in [0.25, 0.3) is 0 Å². The van der Waals surface area contributed by atoms with Crippen molar-refractivity contribution < 1.29 is 4.74 Å². The van der Waals surface area contributed by atoms with Crippen LogP contribution in [0.25, 0.3) is 0 Å². The van der Waals surface area contributed by atoms with Gasteiger partial charge in [-0.05, 0) is 48.7 Å². The number of hydrogen-bond donors (Lipinski definition) is 0. The lowest BCUT2D eigenvalue weighted by Crippen LogP contribution is -2.30. The summed E-state index contributed by atoms with van der Waals surface area (Å²) in [5.74, 6) is 1.84. The second-order valence-electron chi connectivity index (χ2n) is 5.05. The highest BCUT2D eigenvalue weighted by molar-refractivity contribution is 5.47. The number of nitrogens with zero attached hydrogens (tertiary/aromatic N) is 3. The Morgan fingerprint density at radius 1 is 1.29 bits per heavy atom. The van der Waals surface area contributed by atoms with Crippen molar-refractivity contribution in [2.75, 3.05) is 18.1 Å². The van der Waals surface area contributed by atoms with E-state index in [1.54, 1.807) is 6.20 Å². The number of fused-ring (bicyclic) bond motifs is 1. The van der Waals surface area contributed by atoms with Gasteiger partial charge < -0.3 is 9.64 Å². The van der Waals surface area contributed by atoms with Crippen LogP contribution < -0.4 is 9.64 Å². The molecule has 3 rings (SSSR count). The Morgan fingerprint density at radius 3 is 2.90 bits per heavy atom. The van der Waals surface area contributed by atoms with Crippen molar-refractivity contribution in [3.8, 4) is 11.8 Å². The first-order valence-electron chi connectivity index (χ1n) is 7.16. The van der Waals surface area contributed by atoms with Crippen molar-refractivity contribution >= 4 is 5.82 Å². The van der Waals surface area contributed by atoms with Gasteiger partial charge in [-0.25, -0.2) is 4.98 Å². The van der Waals surface area contributed by atoms with Gasteiger partial charge in [0.05, 0.1) is 12.2 Å². The van der Waals surface area contributed by atoms with Crippen LogP contribution in [0.2, 0.25) is 0 Å². The summed E-state index contributed by atoms with van der Waals surface area (Å²) in [7, 11) is 0. The van der Waals surface area contributed by atoms with Gasteiger partial charge in [0.1, 0.15) is 17.6 Å². The molecule has 1 aromatic heterocycles. The molecular weight excluding hydrogens is 262 g/mol. The number of ether oxygens (including phenoxy) is 1. The summed E-state index contributed by atoms with van der Waals surface area (Å²) >= 11 is 0. The van der Waals surface area contributed by atoms with Crippen LogP contribution in [0.1, 0.15) is 23.6 Å². The Kier molecular flexibility index (Phi) is 3.74. The van der Waals surface area contributed by atoms with Crippen LogP contribution in [0.4, 0.5) is 5.82 Å². The predicted molar refractivity (Wildman–Crippen MR) is 81.3 cm³/mol. The Labute approximate surface area is 124 Å². The molecule has 1 aromatic carbocycles. The van der Waals surface area contributed by atoms with Crippen molar-refractivity contribution in [2.45, 2.75) is 19.9 Å². The topological polar surface area (TPSA) is 49.1 Å². The largest absolute Gasteiger partial charge is 0.494 e. The quantitative estimate of drug-likeness (QED) is 0.866. The van der Waals surface area contributed by atoms with Gasteiger partial charge in [0, 0.05) is 19.3 Å². The standard InChI is InChI=1S/C17H17N3O/c1-2-21-16-5-4-14-7-8-20(12-15(14)9-16)17-6-3-13(10-18)11-19-17/h3-6,9,11H,2,7-8,12H2,1H3. The zero-order valence-corrected chi connectivity index (χ0v) is 12.0. The first-order valence-corrected chi connectivity index (χ1v) is 7.16. The van der Waals surface area contributed by atoms with E-state index in [2.05, 4.69) is 28.1 Å². The van der Waals surface area contributed by atoms with E-state index >= 15 is 0 Å². The highest BCUT2D eigenvalue weighted by Crippen LogP contribution is 2.26. The van der Waals surface area contributed by atoms with Gasteiger partial charge in [0.2, 0.25) is 0 Å². The molecule has 21 heavy (non-hydrogen) atoms. The van der Waals surface area contributed by atoms with Gasteiger partial charge in [-0.3, -0.25) is 0 Å². The molecule has 1 aliphatic rings. The fourth-order valence-electron chi connectivity index (χ4n) is 2.62. The number of nitriles is 1. The molecule has 0 amide bonds. The van der Waals surface area contributed by atoms with E-state index in [-0.39, 0.29) is 0 Å². The van der Waals surface area contributed by atoms with Gasteiger partial charge in [-0.15, -0.1) is 0 Å². The summed E-state index contributed by atoms with van der Waals surface area (Å²) in [5, 5.41) is 8.83. The molecule has 106 valence electrons. The lowest BCUT2D eigenvalue weighted by atomic mass is 9.99. The molecule has 2 aromatic rings. The van der Waals surface area contributed by atoms with Gasteiger partial charge in [-0.2, -0.15) is 5.26 Å². The third-order valence-electron chi connectivity index (χ3n) is 3.70. The fraction of sp³-hybridized carbons (Fsp3) is 0.294. The summed E-state index contributed by atoms with van der Waals surface area (Å²) in [5.41, 5.74) is 3.26. The molecule has 4 nitrogen and oxygen atoms in total. The van der Waals surface area contributed by atoms with Crippen molar-refractivity contribution in [1.29, 1.82) is 5.26 Å². The average molecular weight is 279 g/mol. The van der Waals surface area contributed by atoms with E-state index in [1.165, 1.54) is 11.1 Å². The smallest absolute Gasteiger partial charge is 0.128 e. The highest BCUT2D eigenvalue weighted by atomic mass is 16.5. The first-order chi connectivity index (χ1) is 10.3. The summed E-state index contributed by atoms with van der Waals surface area (Å²) in [6.45, 7) is 4.45. The van der Waals surface area contributed by atoms with Crippen LogP contribution in [-0.4, -0.2) is 18.1 Å². The minimum atomic E-state index is 0.592. The molecule has 0 bridgehead atoms. The summed E-state index contributed by atoms with van der Waals surface area (Å²) in [6.07, 6.45) is 2.63. The maximum atomic E-state index is 8.83. The number of anilines is 1. The van der Waals surface area contributed by atoms with E-state index < -0.39 is 0 Å². The number of aromatic nitrogens is 1. The van der Waals surface area contributed by atoms with E-state index in [9.17, 15) is 0 Å². The number of benzene rings is 1. The summed E-state index contributed by atoms with van der Waals surface area (Å²) in [6, 6.07) is 12.1. The van der Waals surface area contributed by atoms with Crippen LogP contribution in [0, 0.1) is 11.3 Å². The van der Waals surface area contributed by atoms with Crippen LogP contribution >= 0.6 is 0 Å². The van der Waals surface area contributed by atoms with E-state index in [1.807, 2.05) is 25.1 Å². The van der Waals surface area contributed by atoms with Crippen molar-refractivity contribution in [3.63, 3.8) is 0 Å². The molecule has 0 aliphatic carbocycles. The van der Waals surface area contributed by atoms with Crippen molar-refractivity contribution in [3.05, 3.63) is 53.2 Å². The molecule has 0 unspecified atom stereocenters. The molecule has 0 fully saturated rings. The molecule has 0 atom stereocenters. The molecule has 4 heteroatoms. The number of rotatable bonds is 3. The summed E-state index contributed by atoms with van der Waals surface area (Å²) < 4.78 is 5.57. The monoisotopic (exact) mass is 279 g/mol. The maximum absolute atomic E-state index is 8.83. The van der Waals surface area contributed by atoms with E-state index in [0.29, 0.717) is 12.2 Å². The van der Waals surface area contributed by atoms with Gasteiger partial charge in [-0.1, -0.05) is 6.07 Å². The third-order valence-corrected chi connectivity index (χ3v) is 3.70. The first kappa shape index (κ1) is 13.4. The molecule has 0 saturated carbocycles. The fourth-order valence-corrected chi connectivity index (χ4v) is 2.62.